The van der Waals surface area contributed by atoms with Crippen LogP contribution in [0.25, 0.3) is 0 Å². The Morgan fingerprint density at radius 3 is 1.44 bits per heavy atom. The van der Waals surface area contributed by atoms with Crippen molar-refractivity contribution in [3.63, 3.8) is 0 Å². The fourth-order valence-electron chi connectivity index (χ4n) is 11.8. The van der Waals surface area contributed by atoms with Gasteiger partial charge in [0.15, 0.2) is 0 Å². The van der Waals surface area contributed by atoms with Gasteiger partial charge in [-0.05, 0) is 131 Å². The van der Waals surface area contributed by atoms with Crippen molar-refractivity contribution in [2.45, 2.75) is 217 Å². The number of cyclic esters (lactones) is 2. The molecule has 0 N–H and O–H groups in total. The Bertz CT molecular complexity index is 1330. The highest BCUT2D eigenvalue weighted by Crippen LogP contribution is 2.60. The number of esters is 5. The topological polar surface area (TPSA) is 122 Å². The fraction of sp³-hybridized carbons (Fsp3) is 0.904. The molecular formula is C52H100O9. The van der Waals surface area contributed by atoms with Crippen molar-refractivity contribution in [2.75, 3.05) is 0 Å². The molecule has 8 aliphatic carbocycles. The van der Waals surface area contributed by atoms with E-state index in [4.69, 9.17) is 14.2 Å². The molecule has 13 unspecified atom stereocenters. The highest BCUT2D eigenvalue weighted by Gasteiger charge is 2.63. The molecule has 2 aliphatic heterocycles. The van der Waals surface area contributed by atoms with Crippen LogP contribution >= 0.6 is 0 Å². The van der Waals surface area contributed by atoms with Gasteiger partial charge in [0.1, 0.15) is 17.8 Å². The Kier molecular flexibility index (Phi) is 25.9. The molecule has 362 valence electrons. The van der Waals surface area contributed by atoms with Gasteiger partial charge in [0.25, 0.3) is 0 Å². The second kappa shape index (κ2) is 25.1. The van der Waals surface area contributed by atoms with Gasteiger partial charge in [-0.25, -0.2) is 0 Å². The van der Waals surface area contributed by atoms with Gasteiger partial charge < -0.3 is 18.9 Å². The minimum absolute atomic E-state index is 0. The standard InChI is InChI=1S/C16H26O2.C13H18O4.C9H16.C6H8O3.8CH4/c1-4-10(2)15(17)18-16(3)13-6-11-5-12(8-13)9-14(16)7-11;1-3-6(2)12(14)16-10-7-4-8-9(5-7)13(15)17-11(8)10;1-6-7(2)9-4-3-8(6)5-9;1-3-4(2)6(8)9-5(3)7;;;;;;;;/h10-14H,4-9H2,1-3H3;6-11H,3-5H2,1-2H3;6-9H,3-5H2,1-2H3;3-4H,1-2H3;8*1H4. The van der Waals surface area contributed by atoms with Gasteiger partial charge >= 0.3 is 29.8 Å². The van der Waals surface area contributed by atoms with Crippen LogP contribution in [0.3, 0.4) is 0 Å². The molecule has 0 radical (unpaired) electrons. The first-order valence-electron chi connectivity index (χ1n) is 21.4. The third-order valence-electron chi connectivity index (χ3n) is 16.3. The highest BCUT2D eigenvalue weighted by atomic mass is 16.6. The van der Waals surface area contributed by atoms with E-state index in [1.165, 1.54) is 44.9 Å². The Balaban J connectivity index is -0.000000732. The maximum Gasteiger partial charge on any atom is 0.317 e. The zero-order valence-electron chi connectivity index (χ0n) is 34.0. The van der Waals surface area contributed by atoms with Crippen LogP contribution in [-0.2, 0) is 42.9 Å². The van der Waals surface area contributed by atoms with E-state index in [1.54, 1.807) is 20.3 Å². The van der Waals surface area contributed by atoms with E-state index < -0.39 is 11.9 Å². The Labute approximate surface area is 377 Å². The molecule has 0 amide bonds. The van der Waals surface area contributed by atoms with Gasteiger partial charge in [-0.2, -0.15) is 0 Å². The third kappa shape index (κ3) is 12.4. The molecule has 10 fully saturated rings. The van der Waals surface area contributed by atoms with Crippen LogP contribution in [0.15, 0.2) is 0 Å². The Hall–Kier alpha value is -2.45. The van der Waals surface area contributed by atoms with Gasteiger partial charge in [0, 0.05) is 11.8 Å². The summed E-state index contributed by atoms with van der Waals surface area (Å²) < 4.78 is 21.2. The summed E-state index contributed by atoms with van der Waals surface area (Å²) in [6.07, 6.45) is 14.5. The lowest BCUT2D eigenvalue weighted by atomic mass is 9.50. The minimum atomic E-state index is -0.396. The number of hydrogen-bond donors (Lipinski definition) is 0. The summed E-state index contributed by atoms with van der Waals surface area (Å²) in [7, 11) is 0. The molecule has 0 aromatic carbocycles. The van der Waals surface area contributed by atoms with Crippen LogP contribution in [0, 0.1) is 88.8 Å². The number of rotatable bonds is 6. The van der Waals surface area contributed by atoms with Crippen molar-refractivity contribution in [2.24, 2.45) is 88.8 Å². The maximum atomic E-state index is 12.1. The molecule has 0 spiro atoms. The van der Waals surface area contributed by atoms with E-state index in [2.05, 4.69) is 32.4 Å². The first-order chi connectivity index (χ1) is 25.1. The van der Waals surface area contributed by atoms with Crippen molar-refractivity contribution in [3.8, 4) is 0 Å². The van der Waals surface area contributed by atoms with E-state index in [1.807, 2.05) is 20.8 Å². The SMILES string of the molecule is C.C.C.C.C.C.C.C.CC1C(=O)OC(=O)C1C.CC1C2CCC(C2)C1C.CCC(C)C(=O)OC1(C)C2CC3CC(C2)CC1C3.CCC(C)C(=O)OC1C2CC3C(=O)OC1C3C2. The predicted octanol–water partition coefficient (Wildman–Crippen LogP) is 13.4. The molecule has 8 bridgehead atoms. The largest absolute Gasteiger partial charge is 0.459 e. The summed E-state index contributed by atoms with van der Waals surface area (Å²) in [5, 5.41) is 0. The van der Waals surface area contributed by atoms with Crippen LogP contribution in [0.2, 0.25) is 0 Å². The first kappa shape index (κ1) is 62.8. The smallest absolute Gasteiger partial charge is 0.317 e. The summed E-state index contributed by atoms with van der Waals surface area (Å²) in [6.45, 7) is 18.4. The highest BCUT2D eigenvalue weighted by molar-refractivity contribution is 5.95. The van der Waals surface area contributed by atoms with E-state index in [9.17, 15) is 24.0 Å². The average Bonchev–Trinajstić information content (AvgIpc) is 3.97. The zero-order chi connectivity index (χ0) is 38.5. The quantitative estimate of drug-likeness (QED) is 0.146. The number of ether oxygens (including phenoxy) is 4. The molecule has 9 heteroatoms. The number of carbonyl (C=O) groups is 5. The monoisotopic (exact) mass is 869 g/mol. The van der Waals surface area contributed by atoms with Crippen molar-refractivity contribution < 1.29 is 42.9 Å². The van der Waals surface area contributed by atoms with Crippen LogP contribution in [0.5, 0.6) is 0 Å². The van der Waals surface area contributed by atoms with Crippen LogP contribution < -0.4 is 0 Å². The number of hydrogen-bond acceptors (Lipinski definition) is 9. The lowest BCUT2D eigenvalue weighted by Crippen LogP contribution is -2.58. The normalized spacial score (nSPS) is 39.6. The van der Waals surface area contributed by atoms with Crippen molar-refractivity contribution in [3.05, 3.63) is 0 Å². The summed E-state index contributed by atoms with van der Waals surface area (Å²) in [5.74, 6) is 6.70. The number of fused-ring (bicyclic) bond motifs is 3. The molecule has 13 atom stereocenters. The molecule has 2 heterocycles. The van der Waals surface area contributed by atoms with Crippen molar-refractivity contribution >= 4 is 29.8 Å². The Morgan fingerprint density at radius 2 is 1.07 bits per heavy atom. The van der Waals surface area contributed by atoms with Gasteiger partial charge in [0.05, 0.1) is 29.6 Å². The van der Waals surface area contributed by atoms with Gasteiger partial charge in [-0.1, -0.05) is 115 Å². The third-order valence-corrected chi connectivity index (χ3v) is 16.3. The first-order valence-corrected chi connectivity index (χ1v) is 21.4. The van der Waals surface area contributed by atoms with Gasteiger partial charge in [-0.3, -0.25) is 24.0 Å². The van der Waals surface area contributed by atoms with E-state index in [0.29, 0.717) is 23.7 Å². The summed E-state index contributed by atoms with van der Waals surface area (Å²) in [4.78, 5) is 56.6. The van der Waals surface area contributed by atoms with Gasteiger partial charge in [0.2, 0.25) is 0 Å². The minimum Gasteiger partial charge on any atom is -0.459 e. The summed E-state index contributed by atoms with van der Waals surface area (Å²) >= 11 is 0. The summed E-state index contributed by atoms with van der Waals surface area (Å²) in [5.41, 5.74) is -0.145. The second-order valence-corrected chi connectivity index (χ2v) is 19.2. The molecule has 0 aromatic rings. The molecule has 10 rings (SSSR count). The van der Waals surface area contributed by atoms with E-state index in [0.717, 1.165) is 61.2 Å². The molecule has 0 aromatic heterocycles. The lowest BCUT2D eigenvalue weighted by molar-refractivity contribution is -0.206. The molecule has 61 heavy (non-hydrogen) atoms. The molecule has 8 saturated carbocycles. The van der Waals surface area contributed by atoms with Crippen molar-refractivity contribution in [1.29, 1.82) is 0 Å². The molecule has 10 aliphatic rings. The fourth-order valence-corrected chi connectivity index (χ4v) is 11.8. The second-order valence-electron chi connectivity index (χ2n) is 19.2. The zero-order valence-corrected chi connectivity index (χ0v) is 34.0. The molecular weight excluding hydrogens is 769 g/mol. The van der Waals surface area contributed by atoms with Crippen molar-refractivity contribution in [1.82, 2.24) is 0 Å². The van der Waals surface area contributed by atoms with E-state index in [-0.39, 0.29) is 125 Å². The van der Waals surface area contributed by atoms with Crippen LogP contribution in [0.4, 0.5) is 0 Å². The molecule has 2 saturated heterocycles. The molecule has 9 nitrogen and oxygen atoms in total. The van der Waals surface area contributed by atoms with Gasteiger partial charge in [-0.15, -0.1) is 0 Å². The maximum absolute atomic E-state index is 12.1. The van der Waals surface area contributed by atoms with Crippen LogP contribution in [-0.4, -0.2) is 47.7 Å². The van der Waals surface area contributed by atoms with Crippen LogP contribution in [0.1, 0.15) is 199 Å². The summed E-state index contributed by atoms with van der Waals surface area (Å²) in [6, 6.07) is 0. The predicted molar refractivity (Wildman–Crippen MR) is 252 cm³/mol. The number of carbonyl (C=O) groups excluding carboxylic acids is 5. The Morgan fingerprint density at radius 1 is 0.623 bits per heavy atom. The lowest BCUT2D eigenvalue weighted by Gasteiger charge is -2.59. The average molecular weight is 869 g/mol. The van der Waals surface area contributed by atoms with E-state index >= 15 is 0 Å².